The van der Waals surface area contributed by atoms with Crippen LogP contribution in [0.4, 0.5) is 0 Å². The topological polar surface area (TPSA) is 87.3 Å². The van der Waals surface area contributed by atoms with E-state index in [0.717, 1.165) is 5.56 Å². The van der Waals surface area contributed by atoms with E-state index >= 15 is 0 Å². The zero-order valence-electron chi connectivity index (χ0n) is 12.5. The highest BCUT2D eigenvalue weighted by Gasteiger charge is 2.45. The normalized spacial score (nSPS) is 31.2. The van der Waals surface area contributed by atoms with Crippen LogP contribution < -0.4 is 16.2 Å². The highest BCUT2D eigenvalue weighted by atomic mass is 32.2. The fourth-order valence-corrected chi connectivity index (χ4v) is 5.00. The molecule has 3 N–H and O–H groups in total. The number of fused-ring (bicyclic) bond motifs is 1. The molecule has 3 rings (SSSR count). The van der Waals surface area contributed by atoms with E-state index in [0.29, 0.717) is 6.42 Å². The molecule has 4 unspecified atom stereocenters. The first-order valence-corrected chi connectivity index (χ1v) is 9.35. The van der Waals surface area contributed by atoms with Gasteiger partial charge in [-0.3, -0.25) is 10.2 Å². The number of hydrogen-bond acceptors (Lipinski definition) is 5. The van der Waals surface area contributed by atoms with E-state index in [-0.39, 0.29) is 35.4 Å². The van der Waals surface area contributed by atoms with Crippen LogP contribution in [0.25, 0.3) is 0 Å². The Balaban J connectivity index is 1.67. The smallest absolute Gasteiger partial charge is 0.239 e. The quantitative estimate of drug-likeness (QED) is 0.737. The Morgan fingerprint density at radius 2 is 2.00 bits per heavy atom. The van der Waals surface area contributed by atoms with Crippen molar-refractivity contribution in [3.8, 4) is 0 Å². The molecule has 0 saturated carbocycles. The predicted octanol–water partition coefficient (Wildman–Crippen LogP) is 0.144. The third-order valence-corrected chi connectivity index (χ3v) is 6.25. The highest BCUT2D eigenvalue weighted by molar-refractivity contribution is 7.91. The Kier molecular flexibility index (Phi) is 4.20. The van der Waals surface area contributed by atoms with Crippen molar-refractivity contribution in [1.29, 1.82) is 0 Å². The second-order valence-corrected chi connectivity index (χ2v) is 8.31. The second kappa shape index (κ2) is 5.98. The van der Waals surface area contributed by atoms with E-state index in [2.05, 4.69) is 16.2 Å². The van der Waals surface area contributed by atoms with Crippen molar-refractivity contribution in [2.45, 2.75) is 31.5 Å². The molecule has 1 aromatic carbocycles. The van der Waals surface area contributed by atoms with Crippen LogP contribution in [0.2, 0.25) is 0 Å². The monoisotopic (exact) mass is 323 g/mol. The molecule has 0 spiro atoms. The molecule has 2 saturated heterocycles. The van der Waals surface area contributed by atoms with E-state index in [1.54, 1.807) is 0 Å². The van der Waals surface area contributed by atoms with Gasteiger partial charge >= 0.3 is 0 Å². The fraction of sp³-hybridized carbons (Fsp3) is 0.533. The minimum Gasteiger partial charge on any atom is -0.348 e. The molecule has 120 valence electrons. The molecule has 0 aliphatic carbocycles. The Bertz CT molecular complexity index is 647. The van der Waals surface area contributed by atoms with Crippen molar-refractivity contribution in [2.24, 2.45) is 5.92 Å². The Hall–Kier alpha value is -1.44. The van der Waals surface area contributed by atoms with Crippen LogP contribution in [0.1, 0.15) is 24.9 Å². The summed E-state index contributed by atoms with van der Waals surface area (Å²) in [5.41, 5.74) is 7.05. The molecule has 6 nitrogen and oxygen atoms in total. The second-order valence-electron chi connectivity index (χ2n) is 6.08. The third kappa shape index (κ3) is 3.16. The molecule has 7 heteroatoms. The van der Waals surface area contributed by atoms with Gasteiger partial charge in [0.25, 0.3) is 0 Å². The summed E-state index contributed by atoms with van der Waals surface area (Å²) in [7, 11) is -3.04. The summed E-state index contributed by atoms with van der Waals surface area (Å²) >= 11 is 0. The fourth-order valence-electron chi connectivity index (χ4n) is 3.21. The van der Waals surface area contributed by atoms with Crippen molar-refractivity contribution in [3.05, 3.63) is 35.9 Å². The summed E-state index contributed by atoms with van der Waals surface area (Å²) in [5, 5.41) is 2.96. The number of benzene rings is 1. The maximum absolute atomic E-state index is 12.5. The lowest BCUT2D eigenvalue weighted by Crippen LogP contribution is -2.48. The van der Waals surface area contributed by atoms with Gasteiger partial charge in [-0.25, -0.2) is 13.8 Å². The molecular weight excluding hydrogens is 302 g/mol. The van der Waals surface area contributed by atoms with E-state index in [4.69, 9.17) is 0 Å². The Labute approximate surface area is 130 Å². The predicted molar refractivity (Wildman–Crippen MR) is 83.6 cm³/mol. The first kappa shape index (κ1) is 15.5. The van der Waals surface area contributed by atoms with Crippen molar-refractivity contribution >= 4 is 15.7 Å². The number of sulfone groups is 1. The van der Waals surface area contributed by atoms with Gasteiger partial charge in [-0.1, -0.05) is 30.3 Å². The van der Waals surface area contributed by atoms with Gasteiger partial charge in [0.05, 0.1) is 17.5 Å². The molecule has 4 atom stereocenters. The Morgan fingerprint density at radius 1 is 1.27 bits per heavy atom. The van der Waals surface area contributed by atoms with Gasteiger partial charge in [-0.2, -0.15) is 0 Å². The molecule has 0 aromatic heterocycles. The zero-order valence-corrected chi connectivity index (χ0v) is 13.3. The summed E-state index contributed by atoms with van der Waals surface area (Å²) in [4.78, 5) is 12.5. The summed E-state index contributed by atoms with van der Waals surface area (Å²) in [6.45, 7) is 1.92. The van der Waals surface area contributed by atoms with E-state index in [1.165, 1.54) is 0 Å². The van der Waals surface area contributed by atoms with Gasteiger partial charge in [0.2, 0.25) is 5.91 Å². The number of hydrogen-bond donors (Lipinski definition) is 3. The summed E-state index contributed by atoms with van der Waals surface area (Å²) < 4.78 is 23.6. The zero-order chi connectivity index (χ0) is 15.7. The molecule has 22 heavy (non-hydrogen) atoms. The van der Waals surface area contributed by atoms with Gasteiger partial charge in [0, 0.05) is 12.0 Å². The first-order valence-electron chi connectivity index (χ1n) is 7.53. The van der Waals surface area contributed by atoms with Crippen molar-refractivity contribution in [2.75, 3.05) is 11.5 Å². The number of carbonyl (C=O) groups is 1. The van der Waals surface area contributed by atoms with E-state index in [9.17, 15) is 13.2 Å². The summed E-state index contributed by atoms with van der Waals surface area (Å²) in [6.07, 6.45) is 0.554. The number of hydrazine groups is 1. The van der Waals surface area contributed by atoms with Crippen LogP contribution in [0.3, 0.4) is 0 Å². The van der Waals surface area contributed by atoms with Crippen molar-refractivity contribution < 1.29 is 13.2 Å². The molecule has 2 heterocycles. The number of carbonyl (C=O) groups excluding carboxylic acids is 1. The molecular formula is C15H21N3O3S. The van der Waals surface area contributed by atoms with Crippen LogP contribution >= 0.6 is 0 Å². The lowest BCUT2D eigenvalue weighted by molar-refractivity contribution is -0.124. The van der Waals surface area contributed by atoms with Gasteiger partial charge in [0.1, 0.15) is 6.04 Å². The molecule has 0 radical (unpaired) electrons. The van der Waals surface area contributed by atoms with Crippen molar-refractivity contribution in [3.63, 3.8) is 0 Å². The molecule has 1 amide bonds. The van der Waals surface area contributed by atoms with Crippen LogP contribution in [0, 0.1) is 5.92 Å². The van der Waals surface area contributed by atoms with Gasteiger partial charge in [-0.05, 0) is 18.9 Å². The van der Waals surface area contributed by atoms with E-state index in [1.807, 2.05) is 37.3 Å². The molecule has 2 aliphatic heterocycles. The van der Waals surface area contributed by atoms with Gasteiger partial charge in [0.15, 0.2) is 9.84 Å². The number of nitrogens with one attached hydrogen (secondary N) is 3. The number of amides is 1. The lowest BCUT2D eigenvalue weighted by atomic mass is 9.93. The minimum atomic E-state index is -3.04. The van der Waals surface area contributed by atoms with E-state index < -0.39 is 15.9 Å². The standard InChI is InChI=1S/C15H21N3O3S/c1-10(11-5-3-2-4-6-11)16-15(19)14-12-9-22(20,21)8-7-13(12)17-18-14/h2-6,10,12-14,17-18H,7-9H2,1H3,(H,16,19). The largest absolute Gasteiger partial charge is 0.348 e. The van der Waals surface area contributed by atoms with Gasteiger partial charge < -0.3 is 5.32 Å². The summed E-state index contributed by atoms with van der Waals surface area (Å²) in [5.74, 6) is -0.109. The molecule has 2 aliphatic rings. The average Bonchev–Trinajstić information content (AvgIpc) is 2.89. The highest BCUT2D eigenvalue weighted by Crippen LogP contribution is 2.26. The van der Waals surface area contributed by atoms with Crippen LogP contribution in [-0.2, 0) is 14.6 Å². The Morgan fingerprint density at radius 3 is 2.73 bits per heavy atom. The van der Waals surface area contributed by atoms with Crippen LogP contribution in [-0.4, -0.2) is 37.9 Å². The molecule has 2 fully saturated rings. The molecule has 0 bridgehead atoms. The minimum absolute atomic E-state index is 0.0475. The maximum Gasteiger partial charge on any atom is 0.239 e. The van der Waals surface area contributed by atoms with Crippen LogP contribution in [0.15, 0.2) is 30.3 Å². The summed E-state index contributed by atoms with van der Waals surface area (Å²) in [6, 6.07) is 9.12. The maximum atomic E-state index is 12.5. The first-order chi connectivity index (χ1) is 10.5. The molecule has 1 aromatic rings. The average molecular weight is 323 g/mol. The number of rotatable bonds is 3. The lowest BCUT2D eigenvalue weighted by Gasteiger charge is -2.27. The van der Waals surface area contributed by atoms with Gasteiger partial charge in [-0.15, -0.1) is 0 Å². The SMILES string of the molecule is CC(NC(=O)C1NNC2CCS(=O)(=O)CC21)c1ccccc1. The third-order valence-electron chi connectivity index (χ3n) is 4.50. The van der Waals surface area contributed by atoms with Crippen LogP contribution in [0.5, 0.6) is 0 Å². The van der Waals surface area contributed by atoms with Crippen molar-refractivity contribution in [1.82, 2.24) is 16.2 Å².